The molecule has 0 saturated heterocycles. The summed E-state index contributed by atoms with van der Waals surface area (Å²) in [4.78, 5) is 141. The van der Waals surface area contributed by atoms with Gasteiger partial charge in [-0.2, -0.15) is 0 Å². The number of amides is 5. The first-order valence-corrected chi connectivity index (χ1v) is 39.8. The number of nitrogens with one attached hydrogen (secondary N) is 4. The van der Waals surface area contributed by atoms with Crippen molar-refractivity contribution in [1.82, 2.24) is 16.0 Å². The van der Waals surface area contributed by atoms with Crippen LogP contribution in [0.5, 0.6) is 5.75 Å². The molecule has 562 valence electrons. The molecule has 9 aromatic carbocycles. The topological polar surface area (TPSA) is 395 Å². The molecule has 0 unspecified atom stereocenters. The third kappa shape index (κ3) is 18.4. The minimum atomic E-state index is -1.29. The molecule has 5 N–H and O–H groups in total. The summed E-state index contributed by atoms with van der Waals surface area (Å²) in [7, 11) is 0. The number of benzene rings is 9. The maximum Gasteiger partial charge on any atom is 0.407 e. The molecule has 0 atom stereocenters. The fourth-order valence-corrected chi connectivity index (χ4v) is 19.3. The Morgan fingerprint density at radius 2 is 0.802 bits per heavy atom. The lowest BCUT2D eigenvalue weighted by atomic mass is 9.98. The van der Waals surface area contributed by atoms with Crippen LogP contribution in [0.15, 0.2) is 182 Å². The second-order valence-corrected chi connectivity index (χ2v) is 34.9. The molecule has 0 radical (unpaired) electrons. The van der Waals surface area contributed by atoms with E-state index in [9.17, 15) is 73.5 Å². The quantitative estimate of drug-likeness (QED) is 0.00848. The van der Waals surface area contributed by atoms with Crippen LogP contribution in [0.1, 0.15) is 67.8 Å². The molecule has 15 rings (SSSR count). The van der Waals surface area contributed by atoms with Crippen molar-refractivity contribution in [2.45, 2.75) is 37.0 Å². The highest BCUT2D eigenvalue weighted by Crippen LogP contribution is 2.48. The van der Waals surface area contributed by atoms with Crippen LogP contribution in [0.2, 0.25) is 0 Å². The van der Waals surface area contributed by atoms with E-state index < -0.39 is 82.9 Å². The number of hydrogen-bond donors (Lipinski definition) is 5. The second-order valence-electron chi connectivity index (χ2n) is 26.0. The van der Waals surface area contributed by atoms with Gasteiger partial charge in [-0.25, -0.2) is 14.4 Å². The summed E-state index contributed by atoms with van der Waals surface area (Å²) in [5, 5.41) is 52.9. The Hall–Kier alpha value is -11.5. The highest BCUT2D eigenvalue weighted by atomic mass is 127. The number of nitro groups is 3. The van der Waals surface area contributed by atoms with E-state index in [-0.39, 0.29) is 115 Å². The Kier molecular flexibility index (Phi) is 25.6. The number of ether oxygens (including phenoxy) is 4. The van der Waals surface area contributed by atoms with E-state index in [0.717, 1.165) is 95.8 Å². The molecule has 6 aliphatic rings. The second kappa shape index (κ2) is 35.9. The van der Waals surface area contributed by atoms with Crippen molar-refractivity contribution in [1.29, 1.82) is 0 Å². The van der Waals surface area contributed by atoms with Crippen molar-refractivity contribution in [3.05, 3.63) is 262 Å². The van der Waals surface area contributed by atoms with E-state index >= 15 is 0 Å². The fourth-order valence-electron chi connectivity index (χ4n) is 14.7. The van der Waals surface area contributed by atoms with Crippen molar-refractivity contribution in [3.63, 3.8) is 0 Å². The molecule has 0 bridgehead atoms. The van der Waals surface area contributed by atoms with Gasteiger partial charge in [0.25, 0.3) is 23.5 Å². The van der Waals surface area contributed by atoms with E-state index in [4.69, 9.17) is 24.1 Å². The number of carboxylic acids is 1. The van der Waals surface area contributed by atoms with Crippen LogP contribution in [-0.2, 0) is 52.7 Å². The average Bonchev–Trinajstić information content (AvgIpc) is 1.63. The summed E-state index contributed by atoms with van der Waals surface area (Å²) < 4.78 is 22.5. The molecule has 3 aliphatic heterocycles. The van der Waals surface area contributed by atoms with E-state index in [1.54, 1.807) is 57.3 Å². The Bertz CT molecular complexity index is 5130. The average molecular weight is 1760 g/mol. The summed E-state index contributed by atoms with van der Waals surface area (Å²) in [5.41, 5.74) is 16.0. The number of anilines is 3. The molecule has 3 aliphatic carbocycles. The van der Waals surface area contributed by atoms with Crippen molar-refractivity contribution >= 4 is 166 Å². The lowest BCUT2D eigenvalue weighted by molar-refractivity contribution is -0.384. The Labute approximate surface area is 671 Å². The Balaban J connectivity index is 0.000000144. The van der Waals surface area contributed by atoms with Crippen molar-refractivity contribution in [2.75, 3.05) is 74.2 Å². The van der Waals surface area contributed by atoms with Gasteiger partial charge in [0, 0.05) is 49.5 Å². The standard InChI is InChI=1S/C26H21N3O7.C25H20N3O5.C17H15NO4.C8H7N2O2.2CIO.2Al.2H/c30-15-36-17-11-16-9-10-28(25(16)23(12-17)29(33)34)24(31)13-27-26(32)35-14-22-20-7-3-1-5-18(20)19-6-2-4-8-21(19)22;29-23(27-13-12-16-6-5-11-22(24(16)27)28(31)32)14-26-25(30)33-15-21-19-9-3-1-7-17(19)18-8-2-4-10-20(18)21;19-16(20)9-18-17(21)22-10-15-13-7-3-1-5-11(13)12-6-2-4-8-14(12)15;11-10(12)7-3-1-2-6-4-5-9-8(6)7;2*2-1-3;;;;/h1-8,11-12,15,22H,9-10,13-14H2,(H,27,32);1-4,6-11,21H,12-15H2,(H,26,30);1-8,15H,9-10H2,(H,18,21)(H,19,20);2-3,9H,4-5H2;;;;;;. The summed E-state index contributed by atoms with van der Waals surface area (Å²) >= 11 is 1.15. The number of carboxylic acid groups (broad SMARTS) is 1. The van der Waals surface area contributed by atoms with Gasteiger partial charge in [-0.1, -0.05) is 167 Å². The van der Waals surface area contributed by atoms with Crippen LogP contribution >= 0.6 is 45.2 Å². The maximum atomic E-state index is 12.9. The molecule has 0 fully saturated rings. The summed E-state index contributed by atoms with van der Waals surface area (Å²) in [6.45, 7) is 0.601. The van der Waals surface area contributed by atoms with Crippen molar-refractivity contribution < 1.29 is 82.0 Å². The first kappa shape index (κ1) is 79.1. The number of nitro benzene ring substituents is 3. The van der Waals surface area contributed by atoms with Crippen molar-refractivity contribution in [3.8, 4) is 39.1 Å². The number of fused-ring (bicyclic) bond motifs is 12. The minimum absolute atomic E-state index is 0.00469. The zero-order valence-corrected chi connectivity index (χ0v) is 65.9. The largest absolute Gasteiger partial charge is 0.480 e. The van der Waals surface area contributed by atoms with Gasteiger partial charge < -0.3 is 64.7 Å². The van der Waals surface area contributed by atoms with Gasteiger partial charge in [-0.15, -0.1) is 0 Å². The number of carbonyl (C=O) groups excluding carboxylic acids is 8. The minimum Gasteiger partial charge on any atom is -0.480 e. The van der Waals surface area contributed by atoms with Gasteiger partial charge in [-0.05, 0) is 154 Å². The SMILES string of the molecule is O=C(NCC(=O)N1CCc2c[c]([AlH][C](=O)I)cc([N+](=O)[O-])c21)OCC1c2ccccc2-c2ccccc21.O=C(O)CNC(=O)OCC1c2ccccc2-c2ccccc21.O=COc1cc2c(c([N+](=O)[O-])c1)N(C(=O)CNC(=O)OCC1c3ccccc3-c3ccccc31)CC2.O=[C](I)[AlH][c]1cc2c(c([N+](=O)[O-])c1)NCC2. The Morgan fingerprint density at radius 3 is 1.15 bits per heavy atom. The third-order valence-corrected chi connectivity index (χ3v) is 23.8. The van der Waals surface area contributed by atoms with Gasteiger partial charge in [0.05, 0.1) is 20.8 Å². The lowest BCUT2D eigenvalue weighted by Gasteiger charge is -2.18. The number of carbonyl (C=O) groups is 9. The number of nitrogens with zero attached hydrogens (tertiary/aromatic N) is 5. The van der Waals surface area contributed by atoms with Crippen molar-refractivity contribution in [2.24, 2.45) is 0 Å². The van der Waals surface area contributed by atoms with Gasteiger partial charge in [0.1, 0.15) is 67.6 Å². The maximum absolute atomic E-state index is 12.9. The van der Waals surface area contributed by atoms with Gasteiger partial charge in [0.2, 0.25) is 11.8 Å². The Morgan fingerprint density at radius 1 is 0.468 bits per heavy atom. The molecule has 111 heavy (non-hydrogen) atoms. The zero-order valence-electron chi connectivity index (χ0n) is 58.7. The van der Waals surface area contributed by atoms with Gasteiger partial charge >= 0.3 is 54.7 Å². The molecule has 9 aromatic rings. The predicted octanol–water partition coefficient (Wildman–Crippen LogP) is 11.0. The number of alkyl carbamates (subject to hydrolysis) is 3. The van der Waals surface area contributed by atoms with Crippen LogP contribution in [0.4, 0.5) is 58.1 Å². The molecule has 3 heterocycles. The van der Waals surface area contributed by atoms with Crippen LogP contribution in [-0.4, -0.2) is 157 Å². The number of rotatable bonds is 21. The van der Waals surface area contributed by atoms with Crippen LogP contribution in [0.25, 0.3) is 33.4 Å². The third-order valence-electron chi connectivity index (χ3n) is 19.3. The lowest BCUT2D eigenvalue weighted by Crippen LogP contribution is -2.40. The van der Waals surface area contributed by atoms with Gasteiger partial charge in [-0.3, -0.25) is 49.5 Å². The monoisotopic (exact) mass is 1760 g/mol. The van der Waals surface area contributed by atoms with E-state index in [1.165, 1.54) is 21.9 Å². The number of hydrogen-bond acceptors (Lipinski definition) is 20. The summed E-state index contributed by atoms with van der Waals surface area (Å²) in [6, 6.07) is 57.2. The molecular weight excluding hydrogens is 1690 g/mol. The zero-order chi connectivity index (χ0) is 78.6. The normalized spacial score (nSPS) is 13.1. The predicted molar refractivity (Wildman–Crippen MR) is 430 cm³/mol. The van der Waals surface area contributed by atoms with Gasteiger partial charge in [0.15, 0.2) is 0 Å². The smallest absolute Gasteiger partial charge is 0.407 e. The molecule has 29 nitrogen and oxygen atoms in total. The van der Waals surface area contributed by atoms with E-state index in [1.807, 2.05) is 140 Å². The fraction of sp³-hybridized carbons (Fsp3) is 0.192. The molecule has 0 saturated carbocycles. The molecule has 0 spiro atoms. The van der Waals surface area contributed by atoms with Crippen LogP contribution in [0, 0.1) is 30.3 Å². The molecular formula is C78H65Al2I2N9O20. The molecule has 0 aromatic heterocycles. The van der Waals surface area contributed by atoms with E-state index in [0.29, 0.717) is 34.1 Å². The highest BCUT2D eigenvalue weighted by Gasteiger charge is 2.38. The first-order valence-electron chi connectivity index (χ1n) is 34.8. The summed E-state index contributed by atoms with van der Waals surface area (Å²) in [5.74, 6) is -2.30. The molecule has 33 heteroatoms. The number of aliphatic carboxylic acids is 1. The van der Waals surface area contributed by atoms with Crippen LogP contribution < -0.4 is 44.7 Å². The summed E-state index contributed by atoms with van der Waals surface area (Å²) in [6.07, 6.45) is -0.606. The van der Waals surface area contributed by atoms with Crippen LogP contribution in [0.3, 0.4) is 0 Å². The van der Waals surface area contributed by atoms with E-state index in [2.05, 4.69) is 33.4 Å². The molecule has 5 amide bonds. The number of halogens is 2. The highest BCUT2D eigenvalue weighted by molar-refractivity contribution is 14.1. The first-order chi connectivity index (χ1) is 53.5.